The Balaban J connectivity index is 1.83. The Kier molecular flexibility index (Phi) is 4.92. The summed E-state index contributed by atoms with van der Waals surface area (Å²) < 4.78 is 34.6. The normalized spacial score (nSPS) is 11.6. The van der Waals surface area contributed by atoms with E-state index >= 15 is 0 Å². The van der Waals surface area contributed by atoms with Crippen LogP contribution in [0.5, 0.6) is 5.75 Å². The topological polar surface area (TPSA) is 48.3 Å². The highest BCUT2D eigenvalue weighted by Crippen LogP contribution is 2.33. The van der Waals surface area contributed by atoms with Gasteiger partial charge in [0.1, 0.15) is 17.9 Å². The fourth-order valence-electron chi connectivity index (χ4n) is 2.93. The van der Waals surface area contributed by atoms with Crippen LogP contribution in [-0.2, 0) is 16.6 Å². The fourth-order valence-corrected chi connectivity index (χ4v) is 5.23. The number of hydrogen-bond donors (Lipinski definition) is 0. The molecule has 0 N–H and O–H groups in total. The van der Waals surface area contributed by atoms with Gasteiger partial charge in [0.2, 0.25) is 0 Å². The number of nitrogens with zero attached hydrogens (tertiary/aromatic N) is 1. The van der Waals surface area contributed by atoms with Gasteiger partial charge >= 0.3 is 0 Å². The number of para-hydroxylation sites is 1. The average molecular weight is 489 g/mol. The lowest BCUT2D eigenvalue weighted by Gasteiger charge is -2.12. The van der Waals surface area contributed by atoms with Crippen molar-refractivity contribution < 1.29 is 13.2 Å². The second-order valence-corrected chi connectivity index (χ2v) is 8.99. The summed E-state index contributed by atoms with van der Waals surface area (Å²) >= 11 is 2.15. The number of aromatic nitrogens is 1. The van der Waals surface area contributed by atoms with Crippen LogP contribution in [0.25, 0.3) is 10.9 Å². The summed E-state index contributed by atoms with van der Waals surface area (Å²) in [4.78, 5) is 0.246. The van der Waals surface area contributed by atoms with Gasteiger partial charge in [0.15, 0.2) is 0 Å². The van der Waals surface area contributed by atoms with Crippen molar-refractivity contribution >= 4 is 43.5 Å². The molecule has 1 aromatic heterocycles. The lowest BCUT2D eigenvalue weighted by atomic mass is 10.2. The Morgan fingerprint density at radius 3 is 2.22 bits per heavy atom. The average Bonchev–Trinajstić information content (AvgIpc) is 3.06. The minimum absolute atomic E-state index is 0.246. The molecule has 0 unspecified atom stereocenters. The van der Waals surface area contributed by atoms with Crippen molar-refractivity contribution in [3.05, 3.63) is 94.2 Å². The quantitative estimate of drug-likeness (QED) is 0.369. The number of fused-ring (bicyclic) bond motifs is 1. The maximum Gasteiger partial charge on any atom is 0.268 e. The molecule has 4 rings (SSSR count). The van der Waals surface area contributed by atoms with E-state index in [0.29, 0.717) is 17.9 Å². The number of hydrogen-bond acceptors (Lipinski definition) is 3. The number of ether oxygens (including phenoxy) is 1. The summed E-state index contributed by atoms with van der Waals surface area (Å²) in [5.74, 6) is 0.541. The molecule has 27 heavy (non-hydrogen) atoms. The molecule has 6 heteroatoms. The molecular weight excluding hydrogens is 473 g/mol. The number of rotatable bonds is 5. The van der Waals surface area contributed by atoms with Gasteiger partial charge in [-0.15, -0.1) is 0 Å². The molecule has 0 spiro atoms. The predicted octanol–water partition coefficient (Wildman–Crippen LogP) is 5.06. The van der Waals surface area contributed by atoms with Crippen LogP contribution in [0.2, 0.25) is 0 Å². The first-order chi connectivity index (χ1) is 13.1. The van der Waals surface area contributed by atoms with E-state index < -0.39 is 10.0 Å². The molecule has 0 aliphatic heterocycles. The summed E-state index contributed by atoms with van der Waals surface area (Å²) in [6.45, 7) is 0.368. The van der Waals surface area contributed by atoms with Crippen LogP contribution in [0, 0.1) is 3.57 Å². The lowest BCUT2D eigenvalue weighted by molar-refractivity contribution is 0.309. The minimum atomic E-state index is -3.72. The van der Waals surface area contributed by atoms with Crippen LogP contribution in [0.15, 0.2) is 90.0 Å². The van der Waals surface area contributed by atoms with Crippen molar-refractivity contribution in [3.8, 4) is 5.75 Å². The third-order valence-electron chi connectivity index (χ3n) is 4.24. The van der Waals surface area contributed by atoms with Gasteiger partial charge in [0.05, 0.1) is 4.90 Å². The second-order valence-electron chi connectivity index (χ2n) is 6.02. The molecule has 0 saturated carbocycles. The Morgan fingerprint density at radius 1 is 0.852 bits per heavy atom. The highest BCUT2D eigenvalue weighted by molar-refractivity contribution is 14.1. The van der Waals surface area contributed by atoms with E-state index in [0.717, 1.165) is 14.5 Å². The lowest BCUT2D eigenvalue weighted by Crippen LogP contribution is -2.12. The molecule has 0 radical (unpaired) electrons. The Labute approximate surface area is 171 Å². The minimum Gasteiger partial charge on any atom is -0.487 e. The van der Waals surface area contributed by atoms with Gasteiger partial charge in [0, 0.05) is 15.2 Å². The molecule has 0 aliphatic carbocycles. The van der Waals surface area contributed by atoms with Gasteiger partial charge in [-0.25, -0.2) is 12.4 Å². The van der Waals surface area contributed by atoms with Gasteiger partial charge < -0.3 is 4.74 Å². The Hall–Kier alpha value is -2.32. The monoisotopic (exact) mass is 489 g/mol. The van der Waals surface area contributed by atoms with Crippen LogP contribution in [0.1, 0.15) is 5.56 Å². The predicted molar refractivity (Wildman–Crippen MR) is 114 cm³/mol. The van der Waals surface area contributed by atoms with E-state index in [1.807, 2.05) is 42.5 Å². The smallest absolute Gasteiger partial charge is 0.268 e. The summed E-state index contributed by atoms with van der Waals surface area (Å²) in [6.07, 6.45) is 1.64. The van der Waals surface area contributed by atoms with Gasteiger partial charge in [-0.1, -0.05) is 60.7 Å². The largest absolute Gasteiger partial charge is 0.487 e. The zero-order valence-electron chi connectivity index (χ0n) is 14.2. The van der Waals surface area contributed by atoms with Crippen molar-refractivity contribution in [1.82, 2.24) is 3.97 Å². The molecule has 136 valence electrons. The standard InChI is InChI=1S/C21H16INO3S/c22-19-14-23(27(24,25)17-10-5-2-6-11-17)21-18(19)12-7-13-20(21)26-15-16-8-3-1-4-9-16/h1-14H,15H2. The van der Waals surface area contributed by atoms with E-state index in [4.69, 9.17) is 4.74 Å². The molecular formula is C21H16INO3S. The molecule has 1 heterocycles. The summed E-state index contributed by atoms with van der Waals surface area (Å²) in [6, 6.07) is 23.8. The Bertz CT molecular complexity index is 1190. The summed E-state index contributed by atoms with van der Waals surface area (Å²) in [5, 5.41) is 0.848. The van der Waals surface area contributed by atoms with E-state index in [1.54, 1.807) is 42.6 Å². The first kappa shape index (κ1) is 18.1. The molecule has 4 aromatic rings. The van der Waals surface area contributed by atoms with Crippen molar-refractivity contribution in [1.29, 1.82) is 0 Å². The van der Waals surface area contributed by atoms with E-state index in [-0.39, 0.29) is 4.90 Å². The van der Waals surface area contributed by atoms with Gasteiger partial charge in [-0.05, 0) is 46.4 Å². The van der Waals surface area contributed by atoms with Crippen molar-refractivity contribution in [2.24, 2.45) is 0 Å². The molecule has 0 saturated heterocycles. The first-order valence-electron chi connectivity index (χ1n) is 8.34. The summed E-state index contributed by atoms with van der Waals surface area (Å²) in [7, 11) is -3.72. The van der Waals surface area contributed by atoms with Crippen LogP contribution < -0.4 is 4.74 Å². The van der Waals surface area contributed by atoms with Crippen LogP contribution >= 0.6 is 22.6 Å². The molecule has 3 aromatic carbocycles. The molecule has 0 fully saturated rings. The zero-order valence-corrected chi connectivity index (χ0v) is 17.2. The first-order valence-corrected chi connectivity index (χ1v) is 10.9. The maximum atomic E-state index is 13.2. The number of halogens is 1. The zero-order chi connectivity index (χ0) is 18.9. The number of benzene rings is 3. The van der Waals surface area contributed by atoms with Crippen LogP contribution in [-0.4, -0.2) is 12.4 Å². The van der Waals surface area contributed by atoms with E-state index in [1.165, 1.54) is 3.97 Å². The molecule has 0 amide bonds. The van der Waals surface area contributed by atoms with Gasteiger partial charge in [-0.2, -0.15) is 0 Å². The summed E-state index contributed by atoms with van der Waals surface area (Å²) in [5.41, 5.74) is 1.58. The third kappa shape index (κ3) is 3.46. The van der Waals surface area contributed by atoms with E-state index in [9.17, 15) is 8.42 Å². The molecule has 0 bridgehead atoms. The van der Waals surface area contributed by atoms with Crippen molar-refractivity contribution in [2.45, 2.75) is 11.5 Å². The highest BCUT2D eigenvalue weighted by atomic mass is 127. The molecule has 0 atom stereocenters. The van der Waals surface area contributed by atoms with Gasteiger partial charge in [0.25, 0.3) is 10.0 Å². The maximum absolute atomic E-state index is 13.2. The second kappa shape index (κ2) is 7.36. The van der Waals surface area contributed by atoms with Crippen molar-refractivity contribution in [3.63, 3.8) is 0 Å². The van der Waals surface area contributed by atoms with E-state index in [2.05, 4.69) is 22.6 Å². The highest BCUT2D eigenvalue weighted by Gasteiger charge is 2.23. The molecule has 0 aliphatic rings. The van der Waals surface area contributed by atoms with Crippen molar-refractivity contribution in [2.75, 3.05) is 0 Å². The molecule has 4 nitrogen and oxygen atoms in total. The Morgan fingerprint density at radius 2 is 1.52 bits per heavy atom. The third-order valence-corrected chi connectivity index (χ3v) is 6.78. The van der Waals surface area contributed by atoms with Crippen LogP contribution in [0.3, 0.4) is 0 Å². The van der Waals surface area contributed by atoms with Crippen LogP contribution in [0.4, 0.5) is 0 Å². The van der Waals surface area contributed by atoms with Gasteiger partial charge in [-0.3, -0.25) is 0 Å². The fraction of sp³-hybridized carbons (Fsp3) is 0.0476. The SMILES string of the molecule is O=S(=O)(c1ccccc1)n1cc(I)c2cccc(OCc3ccccc3)c21.